The number of nitrogens with one attached hydrogen (secondary N) is 1. The minimum absolute atomic E-state index is 0.0226. The van der Waals surface area contributed by atoms with E-state index in [1.807, 2.05) is 91.0 Å². The zero-order valence-corrected chi connectivity index (χ0v) is 25.2. The Balaban J connectivity index is 1.73. The van der Waals surface area contributed by atoms with Crippen LogP contribution in [-0.4, -0.2) is 40.7 Å². The topological polar surface area (TPSA) is 73.9 Å². The number of rotatable bonds is 8. The second-order valence-corrected chi connectivity index (χ2v) is 12.9. The number of halogens is 3. The Morgan fingerprint density at radius 2 is 1.24 bits per heavy atom. The Morgan fingerprint density at radius 3 is 1.66 bits per heavy atom. The third kappa shape index (κ3) is 7.51. The molecule has 3 aromatic carbocycles. The molecule has 3 atom stereocenters. The molecule has 9 heteroatoms. The van der Waals surface area contributed by atoms with Crippen molar-refractivity contribution in [1.82, 2.24) is 5.32 Å². The van der Waals surface area contributed by atoms with Gasteiger partial charge >= 0.3 is 5.97 Å². The second kappa shape index (κ2) is 13.0. The Kier molecular flexibility index (Phi) is 9.83. The lowest BCUT2D eigenvalue weighted by Gasteiger charge is -2.39. The predicted molar refractivity (Wildman–Crippen MR) is 161 cm³/mol. The number of alkyl halides is 3. The largest absolute Gasteiger partial charge is 0.455 e. The molecule has 0 saturated heterocycles. The highest BCUT2D eigenvalue weighted by Crippen LogP contribution is 2.41. The molecule has 0 fully saturated rings. The van der Waals surface area contributed by atoms with Gasteiger partial charge in [0.25, 0.3) is 9.70 Å². The van der Waals surface area contributed by atoms with Crippen molar-refractivity contribution in [3.63, 3.8) is 0 Å². The number of benzene rings is 3. The Morgan fingerprint density at radius 1 is 0.780 bits per heavy atom. The van der Waals surface area contributed by atoms with Crippen LogP contribution in [0.3, 0.4) is 0 Å². The number of hydrogen-bond donors (Lipinski definition) is 1. The van der Waals surface area contributed by atoms with E-state index in [1.165, 1.54) is 0 Å². The maximum Gasteiger partial charge on any atom is 0.311 e. The van der Waals surface area contributed by atoms with Crippen molar-refractivity contribution < 1.29 is 23.8 Å². The first-order valence-electron chi connectivity index (χ1n) is 13.1. The fourth-order valence-corrected chi connectivity index (χ4v) is 4.63. The molecule has 1 amide bonds. The van der Waals surface area contributed by atoms with E-state index in [0.717, 1.165) is 16.7 Å². The number of carbonyl (C=O) groups is 2. The zero-order chi connectivity index (χ0) is 29.7. The standard InChI is InChI=1S/C32H32Cl3NO5/c1-30(2,3)29(38)41-25-19-20-27(36-28(37)32(33,34)35)40-26(25)21-39-31(22-13-7-4-8-14-22,23-15-9-5-10-16-23)24-17-11-6-12-18-24/h4-20,25-27H,21H2,1-3H3,(H,36,37)/t25-,26+,27-/m0/s1. The highest BCUT2D eigenvalue weighted by molar-refractivity contribution is 6.76. The van der Waals surface area contributed by atoms with Crippen LogP contribution in [0.2, 0.25) is 0 Å². The van der Waals surface area contributed by atoms with Crippen LogP contribution in [-0.2, 0) is 29.4 Å². The molecule has 1 heterocycles. The van der Waals surface area contributed by atoms with E-state index in [1.54, 1.807) is 32.9 Å². The molecule has 6 nitrogen and oxygen atoms in total. The summed E-state index contributed by atoms with van der Waals surface area (Å²) in [4.78, 5) is 25.2. The van der Waals surface area contributed by atoms with Crippen LogP contribution in [0.15, 0.2) is 103 Å². The van der Waals surface area contributed by atoms with Gasteiger partial charge in [-0.1, -0.05) is 126 Å². The van der Waals surface area contributed by atoms with E-state index in [9.17, 15) is 9.59 Å². The molecule has 0 spiro atoms. The molecule has 3 aromatic rings. The van der Waals surface area contributed by atoms with E-state index in [0.29, 0.717) is 0 Å². The summed E-state index contributed by atoms with van der Waals surface area (Å²) in [5, 5.41) is 2.55. The molecule has 0 bridgehead atoms. The molecular weight excluding hydrogens is 585 g/mol. The van der Waals surface area contributed by atoms with Gasteiger partial charge in [0.1, 0.15) is 24.0 Å². The number of amides is 1. The monoisotopic (exact) mass is 615 g/mol. The lowest BCUT2D eigenvalue weighted by atomic mass is 9.80. The first kappa shape index (κ1) is 31.1. The molecule has 1 aliphatic rings. The molecule has 1 N–H and O–H groups in total. The quantitative estimate of drug-likeness (QED) is 0.132. The molecule has 4 rings (SSSR count). The highest BCUT2D eigenvalue weighted by Gasteiger charge is 2.42. The Bertz CT molecular complexity index is 1240. The first-order valence-corrected chi connectivity index (χ1v) is 14.3. The fourth-order valence-electron chi connectivity index (χ4n) is 4.46. The van der Waals surface area contributed by atoms with Gasteiger partial charge < -0.3 is 19.5 Å². The number of esters is 1. The summed E-state index contributed by atoms with van der Waals surface area (Å²) in [5.41, 5.74) is 0.902. The molecule has 0 unspecified atom stereocenters. The van der Waals surface area contributed by atoms with Gasteiger partial charge in [-0.05, 0) is 49.6 Å². The van der Waals surface area contributed by atoms with Crippen LogP contribution in [0.4, 0.5) is 0 Å². The average Bonchev–Trinajstić information content (AvgIpc) is 2.95. The van der Waals surface area contributed by atoms with E-state index in [4.69, 9.17) is 49.0 Å². The molecule has 41 heavy (non-hydrogen) atoms. The van der Waals surface area contributed by atoms with E-state index in [-0.39, 0.29) is 6.61 Å². The summed E-state index contributed by atoms with van der Waals surface area (Å²) in [7, 11) is 0. The fraction of sp³-hybridized carbons (Fsp3) is 0.312. The van der Waals surface area contributed by atoms with Gasteiger partial charge in [0.15, 0.2) is 0 Å². The van der Waals surface area contributed by atoms with Crippen LogP contribution in [0.1, 0.15) is 37.5 Å². The summed E-state index contributed by atoms with van der Waals surface area (Å²) >= 11 is 17.3. The van der Waals surface area contributed by atoms with Crippen LogP contribution >= 0.6 is 34.8 Å². The highest BCUT2D eigenvalue weighted by atomic mass is 35.6. The smallest absolute Gasteiger partial charge is 0.311 e. The molecule has 0 aliphatic carbocycles. The Labute approximate surface area is 255 Å². The van der Waals surface area contributed by atoms with Gasteiger partial charge in [-0.15, -0.1) is 0 Å². The van der Waals surface area contributed by atoms with Crippen molar-refractivity contribution in [3.05, 3.63) is 120 Å². The molecular formula is C32H32Cl3NO5. The van der Waals surface area contributed by atoms with Crippen molar-refractivity contribution >= 4 is 46.7 Å². The third-order valence-electron chi connectivity index (χ3n) is 6.55. The van der Waals surface area contributed by atoms with Gasteiger partial charge in [-0.2, -0.15) is 0 Å². The van der Waals surface area contributed by atoms with E-state index in [2.05, 4.69) is 5.32 Å². The molecule has 216 valence electrons. The number of hydrogen-bond acceptors (Lipinski definition) is 5. The summed E-state index contributed by atoms with van der Waals surface area (Å²) < 4.78 is 16.8. The zero-order valence-electron chi connectivity index (χ0n) is 22.9. The lowest BCUT2D eigenvalue weighted by molar-refractivity contribution is -0.175. The van der Waals surface area contributed by atoms with Crippen molar-refractivity contribution in [2.75, 3.05) is 6.61 Å². The molecule has 0 saturated carbocycles. The van der Waals surface area contributed by atoms with Gasteiger partial charge in [0, 0.05) is 0 Å². The summed E-state index contributed by atoms with van der Waals surface area (Å²) in [6.45, 7) is 5.28. The van der Waals surface area contributed by atoms with Gasteiger partial charge in [0.2, 0.25) is 0 Å². The van der Waals surface area contributed by atoms with Gasteiger partial charge in [0.05, 0.1) is 12.0 Å². The minimum Gasteiger partial charge on any atom is -0.455 e. The van der Waals surface area contributed by atoms with Crippen molar-refractivity contribution in [2.45, 2.75) is 48.6 Å². The van der Waals surface area contributed by atoms with Crippen molar-refractivity contribution in [3.8, 4) is 0 Å². The number of ether oxygens (including phenoxy) is 3. The molecule has 0 aromatic heterocycles. The third-order valence-corrected chi connectivity index (χ3v) is 7.07. The van der Waals surface area contributed by atoms with Crippen molar-refractivity contribution in [2.24, 2.45) is 5.41 Å². The predicted octanol–water partition coefficient (Wildman–Crippen LogP) is 6.72. The normalized spacial score (nSPS) is 19.4. The Hall–Kier alpha value is -2.87. The lowest BCUT2D eigenvalue weighted by Crippen LogP contribution is -2.51. The summed E-state index contributed by atoms with van der Waals surface area (Å²) in [6, 6.07) is 29.6. The van der Waals surface area contributed by atoms with E-state index < -0.39 is 45.1 Å². The number of carbonyl (C=O) groups excluding carboxylic acids is 2. The average molecular weight is 617 g/mol. The van der Waals surface area contributed by atoms with Crippen LogP contribution in [0.25, 0.3) is 0 Å². The summed E-state index contributed by atoms with van der Waals surface area (Å²) in [5.74, 6) is -1.26. The minimum atomic E-state index is -2.18. The van der Waals surface area contributed by atoms with Crippen molar-refractivity contribution in [1.29, 1.82) is 0 Å². The maximum absolute atomic E-state index is 12.9. The van der Waals surface area contributed by atoms with Gasteiger partial charge in [-0.25, -0.2) is 0 Å². The van der Waals surface area contributed by atoms with E-state index >= 15 is 0 Å². The molecule has 0 radical (unpaired) electrons. The second-order valence-electron chi connectivity index (χ2n) is 10.7. The van der Waals surface area contributed by atoms with Gasteiger partial charge in [-0.3, -0.25) is 9.59 Å². The summed E-state index contributed by atoms with van der Waals surface area (Å²) in [6.07, 6.45) is 0.630. The molecule has 1 aliphatic heterocycles. The maximum atomic E-state index is 12.9. The van der Waals surface area contributed by atoms with Crippen LogP contribution in [0.5, 0.6) is 0 Å². The SMILES string of the molecule is CC(C)(C)C(=O)O[C@H]1C=C[C@@H](NC(=O)C(Cl)(Cl)Cl)O[C@@H]1COC(c1ccccc1)(c1ccccc1)c1ccccc1. The first-order chi connectivity index (χ1) is 19.4. The van der Waals surface area contributed by atoms with Crippen LogP contribution < -0.4 is 5.32 Å². The van der Waals surface area contributed by atoms with Crippen LogP contribution in [0, 0.1) is 5.41 Å².